The van der Waals surface area contributed by atoms with E-state index in [2.05, 4.69) is 21.2 Å². The third kappa shape index (κ3) is 4.01. The van der Waals surface area contributed by atoms with Crippen LogP contribution in [0.5, 0.6) is 0 Å². The summed E-state index contributed by atoms with van der Waals surface area (Å²) in [7, 11) is 0. The van der Waals surface area contributed by atoms with Crippen LogP contribution in [0.3, 0.4) is 0 Å². The van der Waals surface area contributed by atoms with Gasteiger partial charge in [-0.25, -0.2) is 4.39 Å². The van der Waals surface area contributed by atoms with Crippen molar-refractivity contribution in [1.82, 2.24) is 5.32 Å². The molecule has 1 amide bonds. The number of amides is 1. The van der Waals surface area contributed by atoms with Crippen LogP contribution in [0.15, 0.2) is 22.7 Å². The highest BCUT2D eigenvalue weighted by Crippen LogP contribution is 2.20. The first-order chi connectivity index (χ1) is 9.58. The van der Waals surface area contributed by atoms with Crippen LogP contribution in [0, 0.1) is 11.7 Å². The summed E-state index contributed by atoms with van der Waals surface area (Å²) in [6.07, 6.45) is 1.02. The molecule has 0 aromatic heterocycles. The van der Waals surface area contributed by atoms with Crippen molar-refractivity contribution in [2.45, 2.75) is 18.9 Å². The van der Waals surface area contributed by atoms with E-state index >= 15 is 0 Å². The van der Waals surface area contributed by atoms with Crippen molar-refractivity contribution >= 4 is 21.8 Å². The molecule has 20 heavy (non-hydrogen) atoms. The molecule has 0 saturated carbocycles. The van der Waals surface area contributed by atoms with Crippen LogP contribution in [0.1, 0.15) is 23.2 Å². The highest BCUT2D eigenvalue weighted by atomic mass is 79.9. The largest absolute Gasteiger partial charge is 0.391 e. The Labute approximate surface area is 125 Å². The fraction of sp³-hybridized carbons (Fsp3) is 0.500. The van der Waals surface area contributed by atoms with Gasteiger partial charge in [-0.05, 0) is 52.9 Å². The molecule has 0 spiro atoms. The summed E-state index contributed by atoms with van der Waals surface area (Å²) in [5, 5.41) is 12.7. The van der Waals surface area contributed by atoms with E-state index < -0.39 is 11.9 Å². The second kappa shape index (κ2) is 7.15. The van der Waals surface area contributed by atoms with E-state index in [4.69, 9.17) is 4.74 Å². The van der Waals surface area contributed by atoms with E-state index in [1.54, 1.807) is 0 Å². The van der Waals surface area contributed by atoms with Gasteiger partial charge in [0.15, 0.2) is 0 Å². The number of nitrogens with one attached hydrogen (secondary N) is 1. The zero-order chi connectivity index (χ0) is 14.5. The molecule has 1 heterocycles. The van der Waals surface area contributed by atoms with Crippen molar-refractivity contribution in [1.29, 1.82) is 0 Å². The maximum absolute atomic E-state index is 13.0. The van der Waals surface area contributed by atoms with Crippen LogP contribution in [0.2, 0.25) is 0 Å². The molecule has 2 rings (SSSR count). The molecule has 0 bridgehead atoms. The van der Waals surface area contributed by atoms with Crippen LogP contribution >= 0.6 is 15.9 Å². The quantitative estimate of drug-likeness (QED) is 0.878. The van der Waals surface area contributed by atoms with Crippen LogP contribution in [0.4, 0.5) is 4.39 Å². The number of halogens is 2. The molecular weight excluding hydrogens is 329 g/mol. The average Bonchev–Trinajstić information content (AvgIpc) is 2.45. The number of hydrogen-bond donors (Lipinski definition) is 2. The second-order valence-electron chi connectivity index (χ2n) is 4.85. The molecular formula is C14H17BrFNO3. The van der Waals surface area contributed by atoms with Gasteiger partial charge < -0.3 is 15.2 Å². The molecule has 0 aliphatic carbocycles. The van der Waals surface area contributed by atoms with Crippen LogP contribution in [-0.2, 0) is 4.74 Å². The topological polar surface area (TPSA) is 58.6 Å². The number of aliphatic hydroxyl groups is 1. The number of aliphatic hydroxyl groups excluding tert-OH is 1. The molecule has 1 aromatic carbocycles. The van der Waals surface area contributed by atoms with Crippen molar-refractivity contribution < 1.29 is 19.0 Å². The molecule has 1 atom stereocenters. The Hall–Kier alpha value is -0.980. The standard InChI is InChI=1S/C14H17BrFNO3/c15-12-7-10(16)1-2-11(12)14(19)17-8-13(18)9-3-5-20-6-4-9/h1-2,7,9,13,18H,3-6,8H2,(H,17,19)/t13-/m1/s1. The first-order valence-electron chi connectivity index (χ1n) is 6.57. The first kappa shape index (κ1) is 15.4. The molecule has 1 aliphatic rings. The van der Waals surface area contributed by atoms with Crippen molar-refractivity contribution in [2.24, 2.45) is 5.92 Å². The first-order valence-corrected chi connectivity index (χ1v) is 7.36. The van der Waals surface area contributed by atoms with Crippen molar-refractivity contribution in [3.63, 3.8) is 0 Å². The summed E-state index contributed by atoms with van der Waals surface area (Å²) in [6.45, 7) is 1.49. The lowest BCUT2D eigenvalue weighted by Gasteiger charge is -2.26. The number of hydrogen-bond acceptors (Lipinski definition) is 3. The normalized spacial score (nSPS) is 17.8. The maximum Gasteiger partial charge on any atom is 0.252 e. The van der Waals surface area contributed by atoms with Crippen molar-refractivity contribution in [3.8, 4) is 0 Å². The Morgan fingerprint density at radius 2 is 2.20 bits per heavy atom. The molecule has 1 fully saturated rings. The number of carbonyl (C=O) groups is 1. The summed E-state index contributed by atoms with van der Waals surface area (Å²) >= 11 is 3.15. The number of carbonyl (C=O) groups excluding carboxylic acids is 1. The van der Waals surface area contributed by atoms with Gasteiger partial charge in [-0.15, -0.1) is 0 Å². The Bertz CT molecular complexity index is 477. The molecule has 0 unspecified atom stereocenters. The van der Waals surface area contributed by atoms with Gasteiger partial charge in [0.1, 0.15) is 5.82 Å². The summed E-state index contributed by atoms with van der Waals surface area (Å²) < 4.78 is 18.6. The predicted octanol–water partition coefficient (Wildman–Crippen LogP) is 2.11. The smallest absolute Gasteiger partial charge is 0.252 e. The van der Waals surface area contributed by atoms with E-state index in [9.17, 15) is 14.3 Å². The molecule has 1 aromatic rings. The van der Waals surface area contributed by atoms with E-state index in [1.165, 1.54) is 18.2 Å². The lowest BCUT2D eigenvalue weighted by atomic mass is 9.94. The molecule has 4 nitrogen and oxygen atoms in total. The minimum Gasteiger partial charge on any atom is -0.391 e. The van der Waals surface area contributed by atoms with Crippen LogP contribution in [-0.4, -0.2) is 36.9 Å². The minimum atomic E-state index is -0.581. The van der Waals surface area contributed by atoms with Gasteiger partial charge in [0.2, 0.25) is 0 Å². The fourth-order valence-corrected chi connectivity index (χ4v) is 2.76. The lowest BCUT2D eigenvalue weighted by Crippen LogP contribution is -2.38. The molecule has 0 radical (unpaired) electrons. The van der Waals surface area contributed by atoms with Gasteiger partial charge in [0, 0.05) is 24.2 Å². The third-order valence-electron chi connectivity index (χ3n) is 3.46. The van der Waals surface area contributed by atoms with E-state index in [-0.39, 0.29) is 18.4 Å². The molecule has 6 heteroatoms. The summed E-state index contributed by atoms with van der Waals surface area (Å²) in [5.41, 5.74) is 0.352. The lowest BCUT2D eigenvalue weighted by molar-refractivity contribution is 0.00872. The van der Waals surface area contributed by atoms with Gasteiger partial charge in [0.05, 0.1) is 11.7 Å². The summed E-state index contributed by atoms with van der Waals surface area (Å²) in [4.78, 5) is 12.0. The SMILES string of the molecule is O=C(NC[C@@H](O)C1CCOCC1)c1ccc(F)cc1Br. The number of benzene rings is 1. The fourth-order valence-electron chi connectivity index (χ4n) is 2.23. The molecule has 2 N–H and O–H groups in total. The zero-order valence-corrected chi connectivity index (χ0v) is 12.5. The van der Waals surface area contributed by atoms with Gasteiger partial charge in [-0.2, -0.15) is 0 Å². The van der Waals surface area contributed by atoms with E-state index in [0.717, 1.165) is 12.8 Å². The van der Waals surface area contributed by atoms with Gasteiger partial charge in [0.25, 0.3) is 5.91 Å². The van der Waals surface area contributed by atoms with Crippen molar-refractivity contribution in [3.05, 3.63) is 34.1 Å². The monoisotopic (exact) mass is 345 g/mol. The van der Waals surface area contributed by atoms with Gasteiger partial charge >= 0.3 is 0 Å². The van der Waals surface area contributed by atoms with Gasteiger partial charge in [-0.3, -0.25) is 4.79 Å². The Morgan fingerprint density at radius 3 is 2.85 bits per heavy atom. The molecule has 1 saturated heterocycles. The average molecular weight is 346 g/mol. The number of rotatable bonds is 4. The second-order valence-corrected chi connectivity index (χ2v) is 5.71. The number of ether oxygens (including phenoxy) is 1. The summed E-state index contributed by atoms with van der Waals surface area (Å²) in [5.74, 6) is -0.584. The molecule has 110 valence electrons. The highest BCUT2D eigenvalue weighted by molar-refractivity contribution is 9.10. The molecule has 1 aliphatic heterocycles. The minimum absolute atomic E-state index is 0.153. The third-order valence-corrected chi connectivity index (χ3v) is 4.11. The van der Waals surface area contributed by atoms with E-state index in [1.807, 2.05) is 0 Å². The predicted molar refractivity (Wildman–Crippen MR) is 76.0 cm³/mol. The van der Waals surface area contributed by atoms with E-state index in [0.29, 0.717) is 23.2 Å². The van der Waals surface area contributed by atoms with Gasteiger partial charge in [-0.1, -0.05) is 0 Å². The maximum atomic E-state index is 13.0. The Morgan fingerprint density at radius 1 is 1.50 bits per heavy atom. The highest BCUT2D eigenvalue weighted by Gasteiger charge is 2.22. The van der Waals surface area contributed by atoms with Crippen molar-refractivity contribution in [2.75, 3.05) is 19.8 Å². The van der Waals surface area contributed by atoms with Crippen LogP contribution in [0.25, 0.3) is 0 Å². The zero-order valence-electron chi connectivity index (χ0n) is 10.9. The van der Waals surface area contributed by atoms with Crippen LogP contribution < -0.4 is 5.32 Å². The summed E-state index contributed by atoms with van der Waals surface area (Å²) in [6, 6.07) is 3.88. The Kier molecular flexibility index (Phi) is 5.51. The Balaban J connectivity index is 1.88.